The van der Waals surface area contributed by atoms with Crippen molar-refractivity contribution >= 4 is 35.2 Å². The molecule has 0 bridgehead atoms. The molecule has 90 valence electrons. The predicted octanol–water partition coefficient (Wildman–Crippen LogP) is 1.76. The fourth-order valence-electron chi connectivity index (χ4n) is 2.36. The van der Waals surface area contributed by atoms with Gasteiger partial charge in [-0.1, -0.05) is 0 Å². The Kier molecular flexibility index (Phi) is 3.54. The molecule has 0 aliphatic carbocycles. The Labute approximate surface area is 105 Å². The first kappa shape index (κ1) is 12.3. The number of carbonyl (C=O) groups excluding carboxylic acids is 2. The molecular weight excluding hydrogens is 242 g/mol. The zero-order chi connectivity index (χ0) is 11.8. The van der Waals surface area contributed by atoms with Crippen molar-refractivity contribution < 1.29 is 9.59 Å². The van der Waals surface area contributed by atoms with E-state index in [1.54, 1.807) is 18.7 Å². The highest BCUT2D eigenvalue weighted by Crippen LogP contribution is 2.50. The lowest BCUT2D eigenvalue weighted by atomic mass is 10.1. The standard InChI is InChI=1S/C11H17NO2S2/c1-8(13)10-6-11(7-12(10)9(2)14)15-4-3-5-16-11/h10H,3-7H2,1-2H3. The molecular formula is C11H17NO2S2. The van der Waals surface area contributed by atoms with Gasteiger partial charge in [0.2, 0.25) is 5.91 Å². The third-order valence-electron chi connectivity index (χ3n) is 3.18. The molecule has 0 radical (unpaired) electrons. The van der Waals surface area contributed by atoms with Gasteiger partial charge in [0.1, 0.15) is 0 Å². The van der Waals surface area contributed by atoms with E-state index in [1.807, 2.05) is 23.5 Å². The lowest BCUT2D eigenvalue weighted by molar-refractivity contribution is -0.135. The van der Waals surface area contributed by atoms with Gasteiger partial charge in [-0.2, -0.15) is 0 Å². The molecule has 1 atom stereocenters. The van der Waals surface area contributed by atoms with Crippen molar-refractivity contribution in [1.29, 1.82) is 0 Å². The van der Waals surface area contributed by atoms with Crippen LogP contribution < -0.4 is 0 Å². The lowest BCUT2D eigenvalue weighted by Crippen LogP contribution is -2.38. The Hall–Kier alpha value is -0.160. The van der Waals surface area contributed by atoms with E-state index in [0.29, 0.717) is 0 Å². The molecule has 2 fully saturated rings. The first-order valence-corrected chi connectivity index (χ1v) is 7.57. The van der Waals surface area contributed by atoms with Crippen molar-refractivity contribution in [3.63, 3.8) is 0 Å². The largest absolute Gasteiger partial charge is 0.331 e. The summed E-state index contributed by atoms with van der Waals surface area (Å²) in [6.07, 6.45) is 2.07. The minimum atomic E-state index is -0.185. The lowest BCUT2D eigenvalue weighted by Gasteiger charge is -2.31. The van der Waals surface area contributed by atoms with Crippen molar-refractivity contribution in [2.45, 2.75) is 36.8 Å². The van der Waals surface area contributed by atoms with Crippen molar-refractivity contribution in [3.8, 4) is 0 Å². The first-order chi connectivity index (χ1) is 7.54. The summed E-state index contributed by atoms with van der Waals surface area (Å²) in [6.45, 7) is 3.90. The average Bonchev–Trinajstić information content (AvgIpc) is 2.59. The minimum Gasteiger partial charge on any atom is -0.331 e. The maximum absolute atomic E-state index is 11.6. The van der Waals surface area contributed by atoms with Gasteiger partial charge in [-0.15, -0.1) is 23.5 Å². The molecule has 0 aromatic carbocycles. The molecule has 2 aliphatic rings. The molecule has 2 rings (SSSR count). The maximum atomic E-state index is 11.6. The Balaban J connectivity index is 2.16. The number of amides is 1. The van der Waals surface area contributed by atoms with E-state index >= 15 is 0 Å². The number of carbonyl (C=O) groups is 2. The Bertz CT molecular complexity index is 289. The second kappa shape index (κ2) is 4.61. The molecule has 1 unspecified atom stereocenters. The number of likely N-dealkylation sites (tertiary alicyclic amines) is 1. The van der Waals surface area contributed by atoms with Gasteiger partial charge in [0.15, 0.2) is 5.78 Å². The number of thioether (sulfide) groups is 2. The highest BCUT2D eigenvalue weighted by Gasteiger charge is 2.48. The number of nitrogens with zero attached hydrogens (tertiary/aromatic N) is 1. The Morgan fingerprint density at radius 1 is 1.25 bits per heavy atom. The van der Waals surface area contributed by atoms with Crippen LogP contribution in [0.4, 0.5) is 0 Å². The minimum absolute atomic E-state index is 0.0313. The van der Waals surface area contributed by atoms with Gasteiger partial charge in [0.05, 0.1) is 10.1 Å². The summed E-state index contributed by atoms with van der Waals surface area (Å²) in [6, 6.07) is -0.185. The molecule has 2 saturated heterocycles. The summed E-state index contributed by atoms with van der Waals surface area (Å²) in [5.74, 6) is 2.47. The van der Waals surface area contributed by atoms with Crippen molar-refractivity contribution in [1.82, 2.24) is 4.90 Å². The molecule has 1 amide bonds. The quantitative estimate of drug-likeness (QED) is 0.719. The fourth-order valence-corrected chi connectivity index (χ4v) is 5.71. The number of rotatable bonds is 1. The molecule has 2 aliphatic heterocycles. The van der Waals surface area contributed by atoms with Crippen LogP contribution in [0.5, 0.6) is 0 Å². The monoisotopic (exact) mass is 259 g/mol. The summed E-state index contributed by atoms with van der Waals surface area (Å²) in [5, 5.41) is 0. The second-order valence-electron chi connectivity index (χ2n) is 4.44. The summed E-state index contributed by atoms with van der Waals surface area (Å²) in [4.78, 5) is 24.9. The van der Waals surface area contributed by atoms with E-state index in [0.717, 1.165) is 24.5 Å². The van der Waals surface area contributed by atoms with Crippen LogP contribution in [0.3, 0.4) is 0 Å². The number of hydrogen-bond donors (Lipinski definition) is 0. The molecule has 0 saturated carbocycles. The zero-order valence-electron chi connectivity index (χ0n) is 9.69. The highest BCUT2D eigenvalue weighted by atomic mass is 32.2. The van der Waals surface area contributed by atoms with Crippen LogP contribution in [0.25, 0.3) is 0 Å². The normalized spacial score (nSPS) is 28.4. The van der Waals surface area contributed by atoms with Crippen LogP contribution in [0.1, 0.15) is 26.7 Å². The number of Topliss-reactive ketones (excluding diaryl/α,β-unsaturated/α-hetero) is 1. The Morgan fingerprint density at radius 2 is 1.88 bits per heavy atom. The van der Waals surface area contributed by atoms with E-state index in [1.165, 1.54) is 6.42 Å². The van der Waals surface area contributed by atoms with Gasteiger partial charge in [0.25, 0.3) is 0 Å². The summed E-state index contributed by atoms with van der Waals surface area (Å²) in [7, 11) is 0. The summed E-state index contributed by atoms with van der Waals surface area (Å²) >= 11 is 3.86. The molecule has 0 N–H and O–H groups in total. The zero-order valence-corrected chi connectivity index (χ0v) is 11.3. The SMILES string of the molecule is CC(=O)C1CC2(CN1C(C)=O)SCCCS2. The van der Waals surface area contributed by atoms with Gasteiger partial charge in [-0.3, -0.25) is 9.59 Å². The third kappa shape index (κ3) is 2.25. The van der Waals surface area contributed by atoms with E-state index in [9.17, 15) is 9.59 Å². The molecule has 3 nitrogen and oxygen atoms in total. The van der Waals surface area contributed by atoms with Crippen molar-refractivity contribution in [3.05, 3.63) is 0 Å². The average molecular weight is 259 g/mol. The third-order valence-corrected chi connectivity index (χ3v) is 6.52. The topological polar surface area (TPSA) is 37.4 Å². The van der Waals surface area contributed by atoms with Crippen LogP contribution in [-0.4, -0.2) is 44.8 Å². The summed E-state index contributed by atoms with van der Waals surface area (Å²) < 4.78 is 0.0975. The van der Waals surface area contributed by atoms with Gasteiger partial charge in [0, 0.05) is 19.9 Å². The van der Waals surface area contributed by atoms with E-state index in [4.69, 9.17) is 0 Å². The maximum Gasteiger partial charge on any atom is 0.220 e. The smallest absolute Gasteiger partial charge is 0.220 e. The molecule has 0 aromatic rings. The Morgan fingerprint density at radius 3 is 2.31 bits per heavy atom. The number of hydrogen-bond acceptors (Lipinski definition) is 4. The second-order valence-corrected chi connectivity index (χ2v) is 7.65. The van der Waals surface area contributed by atoms with Crippen LogP contribution in [0.15, 0.2) is 0 Å². The molecule has 16 heavy (non-hydrogen) atoms. The van der Waals surface area contributed by atoms with Crippen molar-refractivity contribution in [2.75, 3.05) is 18.1 Å². The number of ketones is 1. The van der Waals surface area contributed by atoms with Gasteiger partial charge < -0.3 is 4.90 Å². The van der Waals surface area contributed by atoms with Crippen LogP contribution >= 0.6 is 23.5 Å². The fraction of sp³-hybridized carbons (Fsp3) is 0.818. The van der Waals surface area contributed by atoms with Gasteiger partial charge in [-0.05, 0) is 24.9 Å². The van der Waals surface area contributed by atoms with Crippen LogP contribution in [0, 0.1) is 0 Å². The van der Waals surface area contributed by atoms with E-state index in [-0.39, 0.29) is 21.8 Å². The predicted molar refractivity (Wildman–Crippen MR) is 68.7 cm³/mol. The van der Waals surface area contributed by atoms with Gasteiger partial charge >= 0.3 is 0 Å². The first-order valence-electron chi connectivity index (χ1n) is 5.60. The van der Waals surface area contributed by atoms with Gasteiger partial charge in [-0.25, -0.2) is 0 Å². The molecule has 1 spiro atoms. The van der Waals surface area contributed by atoms with E-state index < -0.39 is 0 Å². The summed E-state index contributed by atoms with van der Waals surface area (Å²) in [5.41, 5.74) is 0. The molecule has 0 aromatic heterocycles. The van der Waals surface area contributed by atoms with Crippen LogP contribution in [-0.2, 0) is 9.59 Å². The van der Waals surface area contributed by atoms with Crippen molar-refractivity contribution in [2.24, 2.45) is 0 Å². The van der Waals surface area contributed by atoms with E-state index in [2.05, 4.69) is 0 Å². The highest BCUT2D eigenvalue weighted by molar-refractivity contribution is 8.18. The van der Waals surface area contributed by atoms with Crippen LogP contribution in [0.2, 0.25) is 0 Å². The molecule has 2 heterocycles. The molecule has 5 heteroatoms.